The summed E-state index contributed by atoms with van der Waals surface area (Å²) in [5.74, 6) is 1.57. The predicted octanol–water partition coefficient (Wildman–Crippen LogP) is 3.78. The Morgan fingerprint density at radius 3 is 2.40 bits per heavy atom. The maximum absolute atomic E-state index is 12.2. The summed E-state index contributed by atoms with van der Waals surface area (Å²) in [6, 6.07) is 12.0. The Morgan fingerprint density at radius 1 is 1.15 bits per heavy atom. The van der Waals surface area contributed by atoms with Crippen LogP contribution in [-0.2, 0) is 0 Å². The summed E-state index contributed by atoms with van der Waals surface area (Å²) >= 11 is 0. The molecule has 1 aromatic carbocycles. The maximum Gasteiger partial charge on any atom is 0.287 e. The number of benzene rings is 1. The van der Waals surface area contributed by atoms with Crippen LogP contribution in [0.25, 0.3) is 0 Å². The summed E-state index contributed by atoms with van der Waals surface area (Å²) in [7, 11) is 0. The molecule has 1 saturated carbocycles. The smallest absolute Gasteiger partial charge is 0.287 e. The fraction of sp³-hybridized carbons (Fsp3) is 0.353. The van der Waals surface area contributed by atoms with E-state index in [4.69, 9.17) is 4.42 Å². The van der Waals surface area contributed by atoms with Gasteiger partial charge in [0.1, 0.15) is 5.76 Å². The first-order chi connectivity index (χ1) is 9.63. The second kappa shape index (κ2) is 5.16. The van der Waals surface area contributed by atoms with Crippen molar-refractivity contribution in [1.29, 1.82) is 0 Å². The molecule has 1 N–H and O–H groups in total. The highest BCUT2D eigenvalue weighted by Crippen LogP contribution is 2.41. The molecule has 0 aliphatic heterocycles. The predicted molar refractivity (Wildman–Crippen MR) is 77.6 cm³/mol. The maximum atomic E-state index is 12.2. The van der Waals surface area contributed by atoms with Crippen LogP contribution in [0.4, 0.5) is 0 Å². The van der Waals surface area contributed by atoms with Crippen molar-refractivity contribution >= 4 is 5.91 Å². The summed E-state index contributed by atoms with van der Waals surface area (Å²) in [6.45, 7) is 3.91. The Balaban J connectivity index is 1.78. The lowest BCUT2D eigenvalue weighted by atomic mass is 10.0. The van der Waals surface area contributed by atoms with Crippen LogP contribution in [0.3, 0.4) is 0 Å². The van der Waals surface area contributed by atoms with Crippen LogP contribution in [0.15, 0.2) is 40.8 Å². The Hall–Kier alpha value is -2.03. The van der Waals surface area contributed by atoms with E-state index in [9.17, 15) is 4.79 Å². The largest absolute Gasteiger partial charge is 0.456 e. The van der Waals surface area contributed by atoms with Gasteiger partial charge >= 0.3 is 0 Å². The van der Waals surface area contributed by atoms with Crippen molar-refractivity contribution in [2.45, 2.75) is 32.7 Å². The van der Waals surface area contributed by atoms with Gasteiger partial charge in [-0.2, -0.15) is 0 Å². The SMILES string of the molecule is Cc1ccc(C(NC(=O)c2ccc(C)o2)C2CC2)cc1. The van der Waals surface area contributed by atoms with Gasteiger partial charge in [0.05, 0.1) is 6.04 Å². The van der Waals surface area contributed by atoms with Crippen LogP contribution < -0.4 is 5.32 Å². The lowest BCUT2D eigenvalue weighted by Crippen LogP contribution is -2.29. The van der Waals surface area contributed by atoms with E-state index in [1.165, 1.54) is 24.0 Å². The number of hydrogen-bond donors (Lipinski definition) is 1. The van der Waals surface area contributed by atoms with E-state index < -0.39 is 0 Å². The molecule has 0 spiro atoms. The molecule has 3 heteroatoms. The van der Waals surface area contributed by atoms with Crippen molar-refractivity contribution in [3.05, 3.63) is 59.0 Å². The number of carbonyl (C=O) groups excluding carboxylic acids is 1. The molecule has 1 aromatic heterocycles. The lowest BCUT2D eigenvalue weighted by Gasteiger charge is -2.18. The number of amides is 1. The van der Waals surface area contributed by atoms with E-state index in [0.717, 1.165) is 5.76 Å². The highest BCUT2D eigenvalue weighted by atomic mass is 16.3. The first-order valence-corrected chi connectivity index (χ1v) is 7.07. The van der Waals surface area contributed by atoms with Gasteiger partial charge in [0.15, 0.2) is 5.76 Å². The molecule has 1 amide bonds. The van der Waals surface area contributed by atoms with Gasteiger partial charge in [-0.15, -0.1) is 0 Å². The van der Waals surface area contributed by atoms with Crippen LogP contribution in [0.2, 0.25) is 0 Å². The Morgan fingerprint density at radius 2 is 1.85 bits per heavy atom. The number of hydrogen-bond acceptors (Lipinski definition) is 2. The molecular formula is C17H19NO2. The molecule has 3 rings (SSSR count). The monoisotopic (exact) mass is 269 g/mol. The number of carbonyl (C=O) groups is 1. The third-order valence-electron chi connectivity index (χ3n) is 3.78. The molecule has 2 aromatic rings. The van der Waals surface area contributed by atoms with E-state index in [1.54, 1.807) is 6.07 Å². The molecular weight excluding hydrogens is 250 g/mol. The van der Waals surface area contributed by atoms with Crippen molar-refractivity contribution in [3.8, 4) is 0 Å². The van der Waals surface area contributed by atoms with Crippen LogP contribution in [0.1, 0.15) is 46.3 Å². The Kier molecular flexibility index (Phi) is 3.35. The van der Waals surface area contributed by atoms with Crippen LogP contribution >= 0.6 is 0 Å². The molecule has 0 saturated heterocycles. The minimum Gasteiger partial charge on any atom is -0.456 e. The minimum atomic E-state index is -0.129. The molecule has 1 aliphatic carbocycles. The molecule has 3 nitrogen and oxygen atoms in total. The van der Waals surface area contributed by atoms with Gasteiger partial charge in [0, 0.05) is 0 Å². The van der Waals surface area contributed by atoms with Gasteiger partial charge in [0.2, 0.25) is 0 Å². The first kappa shape index (κ1) is 13.0. The average Bonchev–Trinajstić information content (AvgIpc) is 3.18. The molecule has 1 atom stereocenters. The normalized spacial score (nSPS) is 15.9. The molecule has 0 bridgehead atoms. The molecule has 20 heavy (non-hydrogen) atoms. The van der Waals surface area contributed by atoms with Gasteiger partial charge in [-0.1, -0.05) is 29.8 Å². The zero-order valence-electron chi connectivity index (χ0n) is 11.8. The van der Waals surface area contributed by atoms with Gasteiger partial charge in [0.25, 0.3) is 5.91 Å². The van der Waals surface area contributed by atoms with E-state index in [1.807, 2.05) is 13.0 Å². The third-order valence-corrected chi connectivity index (χ3v) is 3.78. The van der Waals surface area contributed by atoms with Crippen molar-refractivity contribution in [1.82, 2.24) is 5.32 Å². The van der Waals surface area contributed by atoms with Gasteiger partial charge in [-0.3, -0.25) is 4.79 Å². The summed E-state index contributed by atoms with van der Waals surface area (Å²) < 4.78 is 5.39. The number of furan rings is 1. The highest BCUT2D eigenvalue weighted by molar-refractivity contribution is 5.91. The van der Waals surface area contributed by atoms with Crippen molar-refractivity contribution in [3.63, 3.8) is 0 Å². The molecule has 0 radical (unpaired) electrons. The summed E-state index contributed by atoms with van der Waals surface area (Å²) in [6.07, 6.45) is 2.35. The lowest BCUT2D eigenvalue weighted by molar-refractivity contribution is 0.0902. The van der Waals surface area contributed by atoms with Crippen molar-refractivity contribution in [2.75, 3.05) is 0 Å². The van der Waals surface area contributed by atoms with E-state index in [-0.39, 0.29) is 11.9 Å². The second-order valence-electron chi connectivity index (χ2n) is 5.61. The fourth-order valence-corrected chi connectivity index (χ4v) is 2.45. The first-order valence-electron chi connectivity index (χ1n) is 7.07. The molecule has 1 aliphatic rings. The Bertz CT molecular complexity index is 608. The summed E-state index contributed by atoms with van der Waals surface area (Å²) in [5, 5.41) is 3.11. The number of rotatable bonds is 4. The molecule has 1 unspecified atom stereocenters. The number of aryl methyl sites for hydroxylation is 2. The van der Waals surface area contributed by atoms with E-state index in [0.29, 0.717) is 11.7 Å². The zero-order chi connectivity index (χ0) is 14.1. The standard InChI is InChI=1S/C17H19NO2/c1-11-3-6-13(7-4-11)16(14-8-9-14)18-17(19)15-10-5-12(2)20-15/h3-7,10,14,16H,8-9H2,1-2H3,(H,18,19). The van der Waals surface area contributed by atoms with Gasteiger partial charge in [-0.25, -0.2) is 0 Å². The van der Waals surface area contributed by atoms with Gasteiger partial charge < -0.3 is 9.73 Å². The topological polar surface area (TPSA) is 42.2 Å². The van der Waals surface area contributed by atoms with Crippen molar-refractivity contribution in [2.24, 2.45) is 5.92 Å². The van der Waals surface area contributed by atoms with Crippen LogP contribution in [0, 0.1) is 19.8 Å². The molecule has 1 fully saturated rings. The minimum absolute atomic E-state index is 0.0912. The quantitative estimate of drug-likeness (QED) is 0.917. The molecule has 104 valence electrons. The molecule has 1 heterocycles. The van der Waals surface area contributed by atoms with E-state index in [2.05, 4.69) is 36.5 Å². The third kappa shape index (κ3) is 2.77. The highest BCUT2D eigenvalue weighted by Gasteiger charge is 2.33. The van der Waals surface area contributed by atoms with Crippen LogP contribution in [0.5, 0.6) is 0 Å². The Labute approximate surface area is 119 Å². The van der Waals surface area contributed by atoms with E-state index >= 15 is 0 Å². The second-order valence-corrected chi connectivity index (χ2v) is 5.61. The summed E-state index contributed by atoms with van der Waals surface area (Å²) in [5.41, 5.74) is 2.41. The van der Waals surface area contributed by atoms with Crippen molar-refractivity contribution < 1.29 is 9.21 Å². The van der Waals surface area contributed by atoms with Gasteiger partial charge in [-0.05, 0) is 50.3 Å². The van der Waals surface area contributed by atoms with Crippen LogP contribution in [-0.4, -0.2) is 5.91 Å². The number of nitrogens with one attached hydrogen (secondary N) is 1. The average molecular weight is 269 g/mol. The fourth-order valence-electron chi connectivity index (χ4n) is 2.45. The summed E-state index contributed by atoms with van der Waals surface area (Å²) in [4.78, 5) is 12.2. The zero-order valence-corrected chi connectivity index (χ0v) is 11.8.